The van der Waals surface area contributed by atoms with E-state index in [0.29, 0.717) is 12.2 Å². The largest absolute Gasteiger partial charge is 0.378 e. The van der Waals surface area contributed by atoms with Gasteiger partial charge in [0.25, 0.3) is 0 Å². The highest BCUT2D eigenvalue weighted by molar-refractivity contribution is 7.13. The first-order valence-corrected chi connectivity index (χ1v) is 8.40. The van der Waals surface area contributed by atoms with Crippen LogP contribution in [0.5, 0.6) is 0 Å². The average molecular weight is 354 g/mol. The minimum Gasteiger partial charge on any atom is -0.378 e. The number of thiazole rings is 1. The van der Waals surface area contributed by atoms with E-state index in [4.69, 9.17) is 16.3 Å². The predicted molar refractivity (Wildman–Crippen MR) is 90.3 cm³/mol. The van der Waals surface area contributed by atoms with Crippen LogP contribution in [0.4, 0.5) is 15.6 Å². The molecule has 0 saturated carbocycles. The fourth-order valence-corrected chi connectivity index (χ4v) is 3.14. The van der Waals surface area contributed by atoms with Crippen LogP contribution in [0, 0.1) is 0 Å². The van der Waals surface area contributed by atoms with Crippen LogP contribution in [0.15, 0.2) is 23.7 Å². The van der Waals surface area contributed by atoms with Crippen molar-refractivity contribution in [2.75, 3.05) is 36.5 Å². The van der Waals surface area contributed by atoms with E-state index in [0.717, 1.165) is 37.1 Å². The summed E-state index contributed by atoms with van der Waals surface area (Å²) in [5, 5.41) is 8.57. The summed E-state index contributed by atoms with van der Waals surface area (Å²) in [5.41, 5.74) is 1.29. The quantitative estimate of drug-likeness (QED) is 0.825. The monoisotopic (exact) mass is 353 g/mol. The fraction of sp³-hybridized carbons (Fsp3) is 0.357. The van der Waals surface area contributed by atoms with E-state index in [9.17, 15) is 4.79 Å². The Labute approximate surface area is 142 Å². The number of nitrogens with one attached hydrogen (secondary N) is 2. The molecule has 122 valence electrons. The van der Waals surface area contributed by atoms with Crippen molar-refractivity contribution in [2.24, 2.45) is 0 Å². The van der Waals surface area contributed by atoms with Crippen molar-refractivity contribution < 1.29 is 9.53 Å². The molecule has 0 aromatic carbocycles. The second kappa shape index (κ2) is 7.58. The second-order valence-corrected chi connectivity index (χ2v) is 6.06. The highest BCUT2D eigenvalue weighted by Gasteiger charge is 2.15. The number of morpholine rings is 1. The first kappa shape index (κ1) is 16.0. The Balaban J connectivity index is 1.51. The van der Waals surface area contributed by atoms with Crippen molar-refractivity contribution in [1.29, 1.82) is 0 Å². The molecule has 2 amide bonds. The Morgan fingerprint density at radius 1 is 1.43 bits per heavy atom. The molecule has 3 rings (SSSR count). The summed E-state index contributed by atoms with van der Waals surface area (Å²) in [6.45, 7) is 3.49. The van der Waals surface area contributed by atoms with Crippen LogP contribution in [0.1, 0.15) is 5.69 Å². The Morgan fingerprint density at radius 2 is 2.26 bits per heavy atom. The Morgan fingerprint density at radius 3 is 3.04 bits per heavy atom. The zero-order chi connectivity index (χ0) is 16.1. The molecule has 1 saturated heterocycles. The van der Waals surface area contributed by atoms with Gasteiger partial charge in [0.1, 0.15) is 0 Å². The molecule has 1 aliphatic heterocycles. The molecule has 7 nitrogen and oxygen atoms in total. The lowest BCUT2D eigenvalue weighted by Gasteiger charge is -2.26. The molecular weight excluding hydrogens is 338 g/mol. The SMILES string of the molecule is O=C(NCc1csc(N2CCOCC2)n1)Nc1cccnc1Cl. The van der Waals surface area contributed by atoms with Gasteiger partial charge in [-0.1, -0.05) is 11.6 Å². The summed E-state index contributed by atoms with van der Waals surface area (Å²) >= 11 is 7.47. The van der Waals surface area contributed by atoms with Crippen molar-refractivity contribution in [1.82, 2.24) is 15.3 Å². The summed E-state index contributed by atoms with van der Waals surface area (Å²) in [6.07, 6.45) is 1.56. The van der Waals surface area contributed by atoms with Crippen LogP contribution >= 0.6 is 22.9 Å². The molecule has 2 N–H and O–H groups in total. The Bertz CT molecular complexity index is 675. The van der Waals surface area contributed by atoms with Gasteiger partial charge in [-0.05, 0) is 12.1 Å². The minimum atomic E-state index is -0.346. The van der Waals surface area contributed by atoms with Gasteiger partial charge in [0, 0.05) is 24.7 Å². The number of hydrogen-bond donors (Lipinski definition) is 2. The molecule has 2 aromatic heterocycles. The topological polar surface area (TPSA) is 79.4 Å². The summed E-state index contributed by atoms with van der Waals surface area (Å²) in [6, 6.07) is 3.05. The number of nitrogens with zero attached hydrogens (tertiary/aromatic N) is 3. The van der Waals surface area contributed by atoms with Crippen molar-refractivity contribution in [3.8, 4) is 0 Å². The maximum atomic E-state index is 11.9. The molecule has 0 unspecified atom stereocenters. The number of halogens is 1. The van der Waals surface area contributed by atoms with Crippen molar-refractivity contribution in [3.05, 3.63) is 34.6 Å². The van der Waals surface area contributed by atoms with E-state index in [-0.39, 0.29) is 11.2 Å². The van der Waals surface area contributed by atoms with Gasteiger partial charge in [-0.15, -0.1) is 11.3 Å². The fourth-order valence-electron chi connectivity index (χ4n) is 2.09. The van der Waals surface area contributed by atoms with Gasteiger partial charge in [0.2, 0.25) is 0 Å². The molecule has 23 heavy (non-hydrogen) atoms. The maximum absolute atomic E-state index is 11.9. The number of amides is 2. The van der Waals surface area contributed by atoms with Gasteiger partial charge in [0.05, 0.1) is 31.1 Å². The molecule has 0 bridgehead atoms. The number of hydrogen-bond acceptors (Lipinski definition) is 6. The molecule has 3 heterocycles. The predicted octanol–water partition coefficient (Wildman–Crippen LogP) is 2.35. The molecule has 2 aromatic rings. The minimum absolute atomic E-state index is 0.255. The number of urea groups is 1. The van der Waals surface area contributed by atoms with E-state index in [1.54, 1.807) is 29.7 Å². The third-order valence-corrected chi connectivity index (χ3v) is 4.51. The van der Waals surface area contributed by atoms with Gasteiger partial charge in [-0.2, -0.15) is 0 Å². The number of carbonyl (C=O) groups excluding carboxylic acids is 1. The van der Waals surface area contributed by atoms with Crippen LogP contribution in [-0.2, 0) is 11.3 Å². The van der Waals surface area contributed by atoms with Crippen molar-refractivity contribution in [3.63, 3.8) is 0 Å². The normalized spacial score (nSPS) is 14.6. The molecule has 9 heteroatoms. The zero-order valence-electron chi connectivity index (χ0n) is 12.3. The van der Waals surface area contributed by atoms with E-state index >= 15 is 0 Å². The number of aromatic nitrogens is 2. The second-order valence-electron chi connectivity index (χ2n) is 4.87. The van der Waals surface area contributed by atoms with Crippen LogP contribution in [-0.4, -0.2) is 42.3 Å². The van der Waals surface area contributed by atoms with Crippen molar-refractivity contribution >= 4 is 39.8 Å². The van der Waals surface area contributed by atoms with Gasteiger partial charge >= 0.3 is 6.03 Å². The van der Waals surface area contributed by atoms with E-state index in [2.05, 4.69) is 25.5 Å². The highest BCUT2D eigenvalue weighted by Crippen LogP contribution is 2.21. The van der Waals surface area contributed by atoms with Gasteiger partial charge < -0.3 is 20.3 Å². The van der Waals surface area contributed by atoms with E-state index < -0.39 is 0 Å². The molecular formula is C14H16ClN5O2S. The average Bonchev–Trinajstić information content (AvgIpc) is 3.05. The Kier molecular flexibility index (Phi) is 5.27. The zero-order valence-corrected chi connectivity index (χ0v) is 13.9. The summed E-state index contributed by atoms with van der Waals surface area (Å²) in [5.74, 6) is 0. The number of ether oxygens (including phenoxy) is 1. The number of rotatable bonds is 4. The molecule has 1 aliphatic rings. The van der Waals surface area contributed by atoms with Crippen LogP contribution in [0.3, 0.4) is 0 Å². The first-order chi connectivity index (χ1) is 11.2. The number of carbonyl (C=O) groups is 1. The summed E-state index contributed by atoms with van der Waals surface area (Å²) in [7, 11) is 0. The molecule has 0 spiro atoms. The molecule has 0 atom stereocenters. The van der Waals surface area contributed by atoms with Crippen LogP contribution in [0.2, 0.25) is 5.15 Å². The molecule has 0 aliphatic carbocycles. The lowest BCUT2D eigenvalue weighted by molar-refractivity contribution is 0.122. The Hall–Kier alpha value is -1.90. The summed E-state index contributed by atoms with van der Waals surface area (Å²) in [4.78, 5) is 22.5. The summed E-state index contributed by atoms with van der Waals surface area (Å²) < 4.78 is 5.33. The third kappa shape index (κ3) is 4.31. The van der Waals surface area contributed by atoms with E-state index in [1.807, 2.05) is 5.38 Å². The highest BCUT2D eigenvalue weighted by atomic mass is 35.5. The lowest BCUT2D eigenvalue weighted by Crippen LogP contribution is -2.36. The van der Waals surface area contributed by atoms with Crippen LogP contribution in [0.25, 0.3) is 0 Å². The van der Waals surface area contributed by atoms with Crippen molar-refractivity contribution in [2.45, 2.75) is 6.54 Å². The van der Waals surface area contributed by atoms with E-state index in [1.165, 1.54) is 0 Å². The lowest BCUT2D eigenvalue weighted by atomic mass is 10.4. The smallest absolute Gasteiger partial charge is 0.319 e. The maximum Gasteiger partial charge on any atom is 0.319 e. The molecule has 0 radical (unpaired) electrons. The van der Waals surface area contributed by atoms with Gasteiger partial charge in [0.15, 0.2) is 10.3 Å². The first-order valence-electron chi connectivity index (χ1n) is 7.15. The van der Waals surface area contributed by atoms with Crippen LogP contribution < -0.4 is 15.5 Å². The standard InChI is InChI=1S/C14H16ClN5O2S/c15-12-11(2-1-3-16-12)19-13(21)17-8-10-9-23-14(18-10)20-4-6-22-7-5-20/h1-3,9H,4-8H2,(H2,17,19,21). The number of pyridine rings is 1. The van der Waals surface area contributed by atoms with Gasteiger partial charge in [-0.25, -0.2) is 14.8 Å². The third-order valence-electron chi connectivity index (χ3n) is 3.26. The molecule has 1 fully saturated rings. The number of anilines is 2. The van der Waals surface area contributed by atoms with Gasteiger partial charge in [-0.3, -0.25) is 0 Å².